The van der Waals surface area contributed by atoms with Gasteiger partial charge in [-0.05, 0) is 30.7 Å². The fraction of sp³-hybridized carbons (Fsp3) is 0.167. The number of carbonyl (C=O) groups excluding carboxylic acids is 1. The molecule has 0 aliphatic carbocycles. The topological polar surface area (TPSA) is 64.1 Å². The lowest BCUT2D eigenvalue weighted by atomic mass is 10.2. The van der Waals surface area contributed by atoms with E-state index < -0.39 is 0 Å². The van der Waals surface area contributed by atoms with Crippen molar-refractivity contribution in [3.05, 3.63) is 60.0 Å². The minimum atomic E-state index is -0.344. The molecule has 1 N–H and O–H groups in total. The number of carbonyl (C=O) groups is 1. The van der Waals surface area contributed by atoms with Gasteiger partial charge in [0.2, 0.25) is 5.91 Å². The van der Waals surface area contributed by atoms with Gasteiger partial charge in [0.25, 0.3) is 0 Å². The first-order valence-corrected chi connectivity index (χ1v) is 8.63. The van der Waals surface area contributed by atoms with Crippen LogP contribution in [0.25, 0.3) is 11.3 Å². The predicted molar refractivity (Wildman–Crippen MR) is 95.1 cm³/mol. The maximum atomic E-state index is 13.0. The molecule has 0 unspecified atom stereocenters. The van der Waals surface area contributed by atoms with E-state index >= 15 is 0 Å². The standard InChI is InChI=1S/C18H16FN3O2S/c19-14-5-1-6-15(10-14)24-9-3-7-17(23)22-18-21-16(12-25-18)13-4-2-8-20-11-13/h1-2,4-6,8,10-12H,3,7,9H2,(H,21,22,23). The monoisotopic (exact) mass is 357 g/mol. The van der Waals surface area contributed by atoms with Gasteiger partial charge in [-0.15, -0.1) is 11.3 Å². The number of aromatic nitrogens is 2. The SMILES string of the molecule is O=C(CCCOc1cccc(F)c1)Nc1nc(-c2cccnc2)cs1. The van der Waals surface area contributed by atoms with Crippen LogP contribution in [0.15, 0.2) is 54.2 Å². The highest BCUT2D eigenvalue weighted by Crippen LogP contribution is 2.24. The van der Waals surface area contributed by atoms with Gasteiger partial charge in [0.15, 0.2) is 5.13 Å². The smallest absolute Gasteiger partial charge is 0.226 e. The molecule has 3 rings (SSSR count). The molecule has 0 radical (unpaired) electrons. The number of halogens is 1. The molecule has 2 heterocycles. The molecule has 128 valence electrons. The van der Waals surface area contributed by atoms with E-state index in [2.05, 4.69) is 15.3 Å². The van der Waals surface area contributed by atoms with Crippen LogP contribution >= 0.6 is 11.3 Å². The van der Waals surface area contributed by atoms with E-state index in [0.717, 1.165) is 11.3 Å². The summed E-state index contributed by atoms with van der Waals surface area (Å²) in [4.78, 5) is 20.4. The summed E-state index contributed by atoms with van der Waals surface area (Å²) in [5.41, 5.74) is 1.69. The number of rotatable bonds is 7. The number of pyridine rings is 1. The highest BCUT2D eigenvalue weighted by molar-refractivity contribution is 7.14. The van der Waals surface area contributed by atoms with Crippen molar-refractivity contribution in [1.82, 2.24) is 9.97 Å². The maximum Gasteiger partial charge on any atom is 0.226 e. The van der Waals surface area contributed by atoms with E-state index in [1.165, 1.54) is 23.5 Å². The Hall–Kier alpha value is -2.80. The molecule has 0 saturated carbocycles. The van der Waals surface area contributed by atoms with Gasteiger partial charge in [0.05, 0.1) is 12.3 Å². The Bertz CT molecular complexity index is 839. The van der Waals surface area contributed by atoms with Crippen molar-refractivity contribution in [2.75, 3.05) is 11.9 Å². The van der Waals surface area contributed by atoms with Gasteiger partial charge in [-0.1, -0.05) is 6.07 Å². The molecule has 0 aliphatic rings. The molecule has 7 heteroatoms. The molecular weight excluding hydrogens is 341 g/mol. The Balaban J connectivity index is 1.43. The van der Waals surface area contributed by atoms with Crippen molar-refractivity contribution < 1.29 is 13.9 Å². The van der Waals surface area contributed by atoms with Crippen molar-refractivity contribution in [3.63, 3.8) is 0 Å². The fourth-order valence-electron chi connectivity index (χ4n) is 2.14. The van der Waals surface area contributed by atoms with Crippen LogP contribution in [0.4, 0.5) is 9.52 Å². The molecule has 0 aliphatic heterocycles. The van der Waals surface area contributed by atoms with Crippen LogP contribution in [0, 0.1) is 5.82 Å². The number of thiazole rings is 1. The Labute approximate surface area is 148 Å². The zero-order valence-corrected chi connectivity index (χ0v) is 14.1. The van der Waals surface area contributed by atoms with Gasteiger partial charge < -0.3 is 10.1 Å². The normalized spacial score (nSPS) is 10.4. The summed E-state index contributed by atoms with van der Waals surface area (Å²) in [7, 11) is 0. The molecule has 25 heavy (non-hydrogen) atoms. The van der Waals surface area contributed by atoms with E-state index in [1.807, 2.05) is 17.5 Å². The summed E-state index contributed by atoms with van der Waals surface area (Å²) >= 11 is 1.37. The number of hydrogen-bond acceptors (Lipinski definition) is 5. The number of nitrogens with one attached hydrogen (secondary N) is 1. The summed E-state index contributed by atoms with van der Waals surface area (Å²) in [6, 6.07) is 9.69. The van der Waals surface area contributed by atoms with E-state index in [0.29, 0.717) is 30.3 Å². The van der Waals surface area contributed by atoms with Gasteiger partial charge in [-0.25, -0.2) is 9.37 Å². The number of anilines is 1. The number of nitrogens with zero attached hydrogens (tertiary/aromatic N) is 2. The average molecular weight is 357 g/mol. The third kappa shape index (κ3) is 5.09. The average Bonchev–Trinajstić information content (AvgIpc) is 3.08. The Morgan fingerprint density at radius 1 is 1.28 bits per heavy atom. The van der Waals surface area contributed by atoms with Crippen molar-refractivity contribution >= 4 is 22.4 Å². The van der Waals surface area contributed by atoms with Crippen LogP contribution in [-0.2, 0) is 4.79 Å². The summed E-state index contributed by atoms with van der Waals surface area (Å²) in [5.74, 6) is -0.0141. The highest BCUT2D eigenvalue weighted by Gasteiger charge is 2.08. The molecule has 1 aromatic carbocycles. The third-order valence-electron chi connectivity index (χ3n) is 3.32. The number of hydrogen-bond donors (Lipinski definition) is 1. The van der Waals surface area contributed by atoms with Crippen LogP contribution in [0.1, 0.15) is 12.8 Å². The maximum absolute atomic E-state index is 13.0. The van der Waals surface area contributed by atoms with Crippen LogP contribution in [0.5, 0.6) is 5.75 Å². The van der Waals surface area contributed by atoms with E-state index in [4.69, 9.17) is 4.74 Å². The summed E-state index contributed by atoms with van der Waals surface area (Å²) < 4.78 is 18.4. The van der Waals surface area contributed by atoms with Gasteiger partial charge in [0.1, 0.15) is 11.6 Å². The van der Waals surface area contributed by atoms with Crippen molar-refractivity contribution in [2.45, 2.75) is 12.8 Å². The molecule has 2 aromatic heterocycles. The van der Waals surface area contributed by atoms with Crippen LogP contribution < -0.4 is 10.1 Å². The molecule has 5 nitrogen and oxygen atoms in total. The third-order valence-corrected chi connectivity index (χ3v) is 4.08. The number of benzene rings is 1. The quantitative estimate of drug-likeness (QED) is 0.646. The second kappa shape index (κ2) is 8.34. The minimum absolute atomic E-state index is 0.130. The first kappa shape index (κ1) is 17.0. The Kier molecular flexibility index (Phi) is 5.69. The molecule has 0 spiro atoms. The first-order valence-electron chi connectivity index (χ1n) is 7.75. The summed E-state index contributed by atoms with van der Waals surface area (Å²) in [6.45, 7) is 0.343. The van der Waals surface area contributed by atoms with Crippen molar-refractivity contribution in [1.29, 1.82) is 0 Å². The van der Waals surface area contributed by atoms with Crippen molar-refractivity contribution in [3.8, 4) is 17.0 Å². The number of ether oxygens (including phenoxy) is 1. The van der Waals surface area contributed by atoms with Gasteiger partial charge in [-0.3, -0.25) is 9.78 Å². The van der Waals surface area contributed by atoms with Gasteiger partial charge in [-0.2, -0.15) is 0 Å². The van der Waals surface area contributed by atoms with E-state index in [1.54, 1.807) is 24.5 Å². The van der Waals surface area contributed by atoms with E-state index in [9.17, 15) is 9.18 Å². The summed E-state index contributed by atoms with van der Waals surface area (Å²) in [5, 5.41) is 5.20. The second-order valence-electron chi connectivity index (χ2n) is 5.24. The number of amides is 1. The molecule has 1 amide bonds. The lowest BCUT2D eigenvalue weighted by Gasteiger charge is -2.06. The zero-order chi connectivity index (χ0) is 17.5. The lowest BCUT2D eigenvalue weighted by molar-refractivity contribution is -0.116. The molecule has 0 atom stereocenters. The van der Waals surface area contributed by atoms with Crippen LogP contribution in [-0.4, -0.2) is 22.5 Å². The molecule has 3 aromatic rings. The highest BCUT2D eigenvalue weighted by atomic mass is 32.1. The largest absolute Gasteiger partial charge is 0.493 e. The van der Waals surface area contributed by atoms with Crippen LogP contribution in [0.2, 0.25) is 0 Å². The van der Waals surface area contributed by atoms with Crippen LogP contribution in [0.3, 0.4) is 0 Å². The molecular formula is C18H16FN3O2S. The lowest BCUT2D eigenvalue weighted by Crippen LogP contribution is -2.12. The predicted octanol–water partition coefficient (Wildman–Crippen LogP) is 4.14. The molecule has 0 fully saturated rings. The summed E-state index contributed by atoms with van der Waals surface area (Å²) in [6.07, 6.45) is 4.26. The Morgan fingerprint density at radius 3 is 3.00 bits per heavy atom. The minimum Gasteiger partial charge on any atom is -0.493 e. The zero-order valence-electron chi connectivity index (χ0n) is 13.3. The van der Waals surface area contributed by atoms with E-state index in [-0.39, 0.29) is 11.7 Å². The second-order valence-corrected chi connectivity index (χ2v) is 6.10. The Morgan fingerprint density at radius 2 is 2.20 bits per heavy atom. The first-order chi connectivity index (χ1) is 12.2. The van der Waals surface area contributed by atoms with Crippen molar-refractivity contribution in [2.24, 2.45) is 0 Å². The molecule has 0 bridgehead atoms. The van der Waals surface area contributed by atoms with Gasteiger partial charge >= 0.3 is 0 Å². The fourth-order valence-corrected chi connectivity index (χ4v) is 2.88. The molecule has 0 saturated heterocycles. The van der Waals surface area contributed by atoms with Gasteiger partial charge in [0, 0.05) is 35.8 Å².